The fourth-order valence-electron chi connectivity index (χ4n) is 1.68. The van der Waals surface area contributed by atoms with Gasteiger partial charge in [-0.15, -0.1) is 0 Å². The van der Waals surface area contributed by atoms with Crippen LogP contribution in [0.25, 0.3) is 0 Å². The fourth-order valence-corrected chi connectivity index (χ4v) is 2.01. The molecule has 2 aromatic carbocycles. The van der Waals surface area contributed by atoms with Crippen molar-refractivity contribution in [2.24, 2.45) is 0 Å². The van der Waals surface area contributed by atoms with Gasteiger partial charge in [0.05, 0.1) is 22.9 Å². The van der Waals surface area contributed by atoms with Crippen molar-refractivity contribution in [2.45, 2.75) is 0 Å². The van der Waals surface area contributed by atoms with Crippen LogP contribution >= 0.6 is 23.2 Å². The Kier molecular flexibility index (Phi) is 5.78. The monoisotopic (exact) mass is 355 g/mol. The fraction of sp³-hybridized carbons (Fsp3) is 0.0667. The number of hydrogen-bond donors (Lipinski definition) is 3. The Balaban J connectivity index is 1.85. The van der Waals surface area contributed by atoms with E-state index >= 15 is 0 Å². The highest BCUT2D eigenvalue weighted by molar-refractivity contribution is 6.35. The number of urea groups is 1. The number of hydrogen-bond acceptors (Lipinski definition) is 2. The Morgan fingerprint density at radius 3 is 2.48 bits per heavy atom. The highest BCUT2D eigenvalue weighted by Crippen LogP contribution is 2.25. The average molecular weight is 356 g/mol. The Morgan fingerprint density at radius 2 is 1.74 bits per heavy atom. The predicted molar refractivity (Wildman–Crippen MR) is 88.5 cm³/mol. The lowest BCUT2D eigenvalue weighted by molar-refractivity contribution is -0.115. The van der Waals surface area contributed by atoms with E-state index in [0.717, 1.165) is 0 Å². The van der Waals surface area contributed by atoms with Crippen molar-refractivity contribution in [3.8, 4) is 0 Å². The van der Waals surface area contributed by atoms with Gasteiger partial charge in [-0.1, -0.05) is 35.3 Å². The number of para-hydroxylation sites is 1. The summed E-state index contributed by atoms with van der Waals surface area (Å²) >= 11 is 11.7. The molecule has 0 bridgehead atoms. The van der Waals surface area contributed by atoms with Gasteiger partial charge < -0.3 is 16.0 Å². The number of anilines is 2. The number of nitrogens with one attached hydrogen (secondary N) is 3. The van der Waals surface area contributed by atoms with Gasteiger partial charge in [0.1, 0.15) is 5.82 Å². The molecule has 120 valence electrons. The van der Waals surface area contributed by atoms with Crippen molar-refractivity contribution >= 4 is 46.5 Å². The topological polar surface area (TPSA) is 70.2 Å². The number of benzene rings is 2. The summed E-state index contributed by atoms with van der Waals surface area (Å²) < 4.78 is 13.4. The standard InChI is InChI=1S/C15H12Cl2FN3O2/c16-9-5-6-10(17)13(7-9)20-14(22)8-19-15(23)21-12-4-2-1-3-11(12)18/h1-7H,8H2,(H,20,22)(H2,19,21,23). The first-order chi connectivity index (χ1) is 11.0. The molecule has 0 saturated carbocycles. The molecule has 23 heavy (non-hydrogen) atoms. The van der Waals surface area contributed by atoms with Gasteiger partial charge in [0.25, 0.3) is 0 Å². The molecule has 5 nitrogen and oxygen atoms in total. The molecule has 0 aliphatic heterocycles. The SMILES string of the molecule is O=C(CNC(=O)Nc1ccccc1F)Nc1cc(Cl)ccc1Cl. The lowest BCUT2D eigenvalue weighted by atomic mass is 10.3. The van der Waals surface area contributed by atoms with Gasteiger partial charge in [0.15, 0.2) is 0 Å². The second-order valence-corrected chi connectivity index (χ2v) is 5.30. The van der Waals surface area contributed by atoms with E-state index in [1.54, 1.807) is 12.1 Å². The van der Waals surface area contributed by atoms with Gasteiger partial charge >= 0.3 is 6.03 Å². The molecule has 0 unspecified atom stereocenters. The Labute approximate surface area is 141 Å². The first-order valence-corrected chi connectivity index (χ1v) is 7.25. The third-order valence-electron chi connectivity index (χ3n) is 2.73. The summed E-state index contributed by atoms with van der Waals surface area (Å²) in [5.74, 6) is -1.07. The minimum atomic E-state index is -0.706. The summed E-state index contributed by atoms with van der Waals surface area (Å²) in [6.45, 7) is -0.316. The average Bonchev–Trinajstić information content (AvgIpc) is 2.51. The number of carbonyl (C=O) groups excluding carboxylic acids is 2. The molecule has 0 fully saturated rings. The molecule has 2 aromatic rings. The lowest BCUT2D eigenvalue weighted by Gasteiger charge is -2.10. The number of halogens is 3. The molecule has 0 aliphatic carbocycles. The minimum Gasteiger partial charge on any atom is -0.329 e. The van der Waals surface area contributed by atoms with E-state index in [0.29, 0.717) is 15.7 Å². The van der Waals surface area contributed by atoms with E-state index in [1.165, 1.54) is 30.3 Å². The zero-order valence-electron chi connectivity index (χ0n) is 11.7. The molecule has 3 amide bonds. The Morgan fingerprint density at radius 1 is 1.00 bits per heavy atom. The summed E-state index contributed by atoms with van der Waals surface area (Å²) in [7, 11) is 0. The van der Waals surface area contributed by atoms with Crippen molar-refractivity contribution in [1.29, 1.82) is 0 Å². The van der Waals surface area contributed by atoms with Crippen molar-refractivity contribution < 1.29 is 14.0 Å². The summed E-state index contributed by atoms with van der Waals surface area (Å²) in [6.07, 6.45) is 0. The second-order valence-electron chi connectivity index (χ2n) is 4.46. The third kappa shape index (κ3) is 5.12. The van der Waals surface area contributed by atoms with Crippen LogP contribution < -0.4 is 16.0 Å². The van der Waals surface area contributed by atoms with Crippen molar-refractivity contribution in [3.63, 3.8) is 0 Å². The number of carbonyl (C=O) groups is 2. The van der Waals surface area contributed by atoms with Gasteiger partial charge in [-0.25, -0.2) is 9.18 Å². The smallest absolute Gasteiger partial charge is 0.319 e. The van der Waals surface area contributed by atoms with Crippen LogP contribution in [0.1, 0.15) is 0 Å². The molecule has 0 saturated heterocycles. The van der Waals surface area contributed by atoms with Gasteiger partial charge in [-0.05, 0) is 30.3 Å². The van der Waals surface area contributed by atoms with E-state index in [9.17, 15) is 14.0 Å². The van der Waals surface area contributed by atoms with Crippen molar-refractivity contribution in [1.82, 2.24) is 5.32 Å². The second kappa shape index (κ2) is 7.80. The summed E-state index contributed by atoms with van der Waals surface area (Å²) in [4.78, 5) is 23.4. The number of rotatable bonds is 4. The normalized spacial score (nSPS) is 10.0. The molecule has 0 spiro atoms. The maximum atomic E-state index is 13.4. The van der Waals surface area contributed by atoms with Crippen LogP contribution in [0.15, 0.2) is 42.5 Å². The molecule has 8 heteroatoms. The van der Waals surface area contributed by atoms with E-state index in [4.69, 9.17) is 23.2 Å². The zero-order valence-corrected chi connectivity index (χ0v) is 13.2. The molecule has 0 aromatic heterocycles. The van der Waals surface area contributed by atoms with E-state index in [2.05, 4.69) is 16.0 Å². The molecule has 3 N–H and O–H groups in total. The predicted octanol–water partition coefficient (Wildman–Crippen LogP) is 3.89. The summed E-state index contributed by atoms with van der Waals surface area (Å²) in [5, 5.41) is 7.85. The summed E-state index contributed by atoms with van der Waals surface area (Å²) in [6, 6.07) is 9.60. The largest absolute Gasteiger partial charge is 0.329 e. The highest BCUT2D eigenvalue weighted by atomic mass is 35.5. The van der Waals surface area contributed by atoms with Gasteiger partial charge in [-0.2, -0.15) is 0 Å². The Bertz CT molecular complexity index is 740. The maximum Gasteiger partial charge on any atom is 0.319 e. The van der Waals surface area contributed by atoms with E-state index in [-0.39, 0.29) is 12.2 Å². The van der Waals surface area contributed by atoms with Crippen LogP contribution in [0.3, 0.4) is 0 Å². The van der Waals surface area contributed by atoms with Crippen LogP contribution in [-0.4, -0.2) is 18.5 Å². The van der Waals surface area contributed by atoms with E-state index < -0.39 is 17.8 Å². The van der Waals surface area contributed by atoms with Crippen LogP contribution in [0.5, 0.6) is 0 Å². The Hall–Kier alpha value is -2.31. The summed E-state index contributed by atoms with van der Waals surface area (Å²) in [5.41, 5.74) is 0.351. The van der Waals surface area contributed by atoms with Crippen LogP contribution in [0, 0.1) is 5.82 Å². The molecule has 0 atom stereocenters. The molecular formula is C15H12Cl2FN3O2. The van der Waals surface area contributed by atoms with Crippen LogP contribution in [0.4, 0.5) is 20.6 Å². The van der Waals surface area contributed by atoms with Crippen LogP contribution in [-0.2, 0) is 4.79 Å². The quantitative estimate of drug-likeness (QED) is 0.778. The molecule has 0 heterocycles. The third-order valence-corrected chi connectivity index (χ3v) is 3.30. The first-order valence-electron chi connectivity index (χ1n) is 6.50. The van der Waals surface area contributed by atoms with Crippen molar-refractivity contribution in [2.75, 3.05) is 17.2 Å². The van der Waals surface area contributed by atoms with Crippen LogP contribution in [0.2, 0.25) is 10.0 Å². The molecule has 2 rings (SSSR count). The maximum absolute atomic E-state index is 13.4. The minimum absolute atomic E-state index is 0.0169. The first kappa shape index (κ1) is 17.1. The van der Waals surface area contributed by atoms with Crippen molar-refractivity contribution in [3.05, 3.63) is 58.3 Å². The zero-order chi connectivity index (χ0) is 16.8. The molecule has 0 aliphatic rings. The molecule has 0 radical (unpaired) electrons. The highest BCUT2D eigenvalue weighted by Gasteiger charge is 2.10. The van der Waals surface area contributed by atoms with Gasteiger partial charge in [0.2, 0.25) is 5.91 Å². The van der Waals surface area contributed by atoms with E-state index in [1.807, 2.05) is 0 Å². The number of amides is 3. The lowest BCUT2D eigenvalue weighted by Crippen LogP contribution is -2.36. The van der Waals surface area contributed by atoms with Gasteiger partial charge in [-0.3, -0.25) is 4.79 Å². The van der Waals surface area contributed by atoms with Gasteiger partial charge in [0, 0.05) is 5.02 Å². The molecular weight excluding hydrogens is 344 g/mol.